The molecule has 0 N–H and O–H groups in total. The van der Waals surface area contributed by atoms with Crippen LogP contribution >= 0.6 is 7.60 Å². The SMILES string of the molecule is COP(=O)(OC)[C@@H]1O[C@@H](C)[C@H](OCc2ccccc2)[C@@H](OCc2ccccc2)[C@H]1[N+](=O)[O-]. The minimum atomic E-state index is -3.94. The Hall–Kier alpha value is -2.13. The van der Waals surface area contributed by atoms with Gasteiger partial charge in [0.25, 0.3) is 6.04 Å². The monoisotopic (exact) mass is 465 g/mol. The molecule has 0 spiro atoms. The Morgan fingerprint density at radius 1 is 0.906 bits per heavy atom. The van der Waals surface area contributed by atoms with Gasteiger partial charge >= 0.3 is 7.60 Å². The van der Waals surface area contributed by atoms with Crippen LogP contribution in [0.15, 0.2) is 60.7 Å². The van der Waals surface area contributed by atoms with Gasteiger partial charge < -0.3 is 23.3 Å². The quantitative estimate of drug-likeness (QED) is 0.294. The van der Waals surface area contributed by atoms with E-state index in [1.807, 2.05) is 60.7 Å². The van der Waals surface area contributed by atoms with E-state index in [9.17, 15) is 14.7 Å². The highest BCUT2D eigenvalue weighted by atomic mass is 31.2. The van der Waals surface area contributed by atoms with Crippen molar-refractivity contribution in [3.8, 4) is 0 Å². The van der Waals surface area contributed by atoms with E-state index in [2.05, 4.69) is 0 Å². The number of rotatable bonds is 10. The van der Waals surface area contributed by atoms with Gasteiger partial charge in [-0.05, 0) is 18.1 Å². The lowest BCUT2D eigenvalue weighted by Crippen LogP contribution is -2.61. The Balaban J connectivity index is 1.91. The molecule has 1 aliphatic rings. The zero-order valence-electron chi connectivity index (χ0n) is 18.2. The summed E-state index contributed by atoms with van der Waals surface area (Å²) in [4.78, 5) is 11.6. The van der Waals surface area contributed by atoms with E-state index in [0.29, 0.717) is 0 Å². The first-order valence-electron chi connectivity index (χ1n) is 10.2. The second kappa shape index (κ2) is 11.1. The van der Waals surface area contributed by atoms with E-state index >= 15 is 0 Å². The van der Waals surface area contributed by atoms with Gasteiger partial charge in [0, 0.05) is 19.1 Å². The molecular formula is C22H28NO8P. The number of ether oxygens (including phenoxy) is 3. The second-order valence-electron chi connectivity index (χ2n) is 7.44. The number of hydrogen-bond acceptors (Lipinski definition) is 8. The fraction of sp³-hybridized carbons (Fsp3) is 0.455. The minimum Gasteiger partial charge on any atom is -0.368 e. The maximum Gasteiger partial charge on any atom is 0.365 e. The van der Waals surface area contributed by atoms with Crippen LogP contribution in [-0.2, 0) is 41.0 Å². The van der Waals surface area contributed by atoms with Crippen molar-refractivity contribution in [2.75, 3.05) is 14.2 Å². The lowest BCUT2D eigenvalue weighted by Gasteiger charge is -2.42. The standard InChI is InChI=1S/C22H28NO8P/c1-16-20(29-14-17-10-6-4-7-11-17)21(30-15-18-12-8-5-9-13-18)19(23(24)25)22(31-16)32(26,27-2)28-3/h4-13,16,19-22H,14-15H2,1-3H3/t16-,19+,20-,21-,22-/m0/s1. The number of nitrogens with zero attached hydrogens (tertiary/aromatic N) is 1. The topological polar surface area (TPSA) is 106 Å². The molecule has 0 bridgehead atoms. The summed E-state index contributed by atoms with van der Waals surface area (Å²) in [6.07, 6.45) is -2.51. The molecule has 10 heteroatoms. The molecule has 2 aromatic rings. The van der Waals surface area contributed by atoms with Crippen LogP contribution in [0.2, 0.25) is 0 Å². The first kappa shape index (κ1) is 24.5. The molecule has 1 saturated heterocycles. The molecule has 0 aliphatic carbocycles. The summed E-state index contributed by atoms with van der Waals surface area (Å²) < 4.78 is 41.1. The van der Waals surface area contributed by atoms with Gasteiger partial charge in [0.1, 0.15) is 6.10 Å². The van der Waals surface area contributed by atoms with E-state index in [1.54, 1.807) is 6.92 Å². The van der Waals surface area contributed by atoms with Gasteiger partial charge in [-0.3, -0.25) is 14.7 Å². The fourth-order valence-corrected chi connectivity index (χ4v) is 5.29. The van der Waals surface area contributed by atoms with E-state index in [1.165, 1.54) is 14.2 Å². The van der Waals surface area contributed by atoms with E-state index in [4.69, 9.17) is 23.3 Å². The molecule has 1 aliphatic heterocycles. The third-order valence-electron chi connectivity index (χ3n) is 5.40. The molecule has 0 saturated carbocycles. The van der Waals surface area contributed by atoms with Crippen LogP contribution in [0.25, 0.3) is 0 Å². The number of nitro groups is 1. The van der Waals surface area contributed by atoms with Crippen LogP contribution in [0, 0.1) is 10.1 Å². The lowest BCUT2D eigenvalue weighted by atomic mass is 9.98. The van der Waals surface area contributed by atoms with E-state index in [0.717, 1.165) is 11.1 Å². The molecule has 174 valence electrons. The third-order valence-corrected chi connectivity index (χ3v) is 7.47. The minimum absolute atomic E-state index is 0.116. The molecule has 5 atom stereocenters. The van der Waals surface area contributed by atoms with E-state index < -0.39 is 42.7 Å². The molecule has 1 heterocycles. The molecule has 0 unspecified atom stereocenters. The van der Waals surface area contributed by atoms with Crippen molar-refractivity contribution >= 4 is 7.60 Å². The van der Waals surface area contributed by atoms with Crippen LogP contribution in [0.4, 0.5) is 0 Å². The summed E-state index contributed by atoms with van der Waals surface area (Å²) in [6, 6.07) is 17.2. The first-order valence-corrected chi connectivity index (χ1v) is 11.8. The Morgan fingerprint density at radius 2 is 1.38 bits per heavy atom. The van der Waals surface area contributed by atoms with E-state index in [-0.39, 0.29) is 13.2 Å². The van der Waals surface area contributed by atoms with Crippen LogP contribution in [0.5, 0.6) is 0 Å². The highest BCUT2D eigenvalue weighted by molar-refractivity contribution is 7.54. The zero-order chi connectivity index (χ0) is 23.1. The van der Waals surface area contributed by atoms with Crippen LogP contribution < -0.4 is 0 Å². The van der Waals surface area contributed by atoms with Crippen molar-refractivity contribution in [3.05, 3.63) is 81.9 Å². The largest absolute Gasteiger partial charge is 0.368 e. The van der Waals surface area contributed by atoms with Crippen LogP contribution in [0.3, 0.4) is 0 Å². The van der Waals surface area contributed by atoms with Crippen molar-refractivity contribution in [3.63, 3.8) is 0 Å². The Morgan fingerprint density at radius 3 is 1.81 bits per heavy atom. The summed E-state index contributed by atoms with van der Waals surface area (Å²) in [7, 11) is -1.59. The molecule has 9 nitrogen and oxygen atoms in total. The Labute approximate surface area is 187 Å². The van der Waals surface area contributed by atoms with Crippen LogP contribution in [-0.4, -0.2) is 49.3 Å². The fourth-order valence-electron chi connectivity index (χ4n) is 3.73. The average molecular weight is 465 g/mol. The number of benzene rings is 2. The summed E-state index contributed by atoms with van der Waals surface area (Å²) in [5.74, 6) is -1.44. The Kier molecular flexibility index (Phi) is 8.53. The highest BCUT2D eigenvalue weighted by Crippen LogP contribution is 2.56. The predicted octanol–water partition coefficient (Wildman–Crippen LogP) is 4.03. The van der Waals surface area contributed by atoms with Gasteiger partial charge in [0.2, 0.25) is 5.85 Å². The van der Waals surface area contributed by atoms with Crippen molar-refractivity contribution in [1.29, 1.82) is 0 Å². The molecule has 3 rings (SSSR count). The molecule has 0 radical (unpaired) electrons. The normalized spacial score (nSPS) is 26.0. The van der Waals surface area contributed by atoms with Crippen molar-refractivity contribution in [1.82, 2.24) is 0 Å². The van der Waals surface area contributed by atoms with Gasteiger partial charge in [-0.25, -0.2) is 0 Å². The average Bonchev–Trinajstić information content (AvgIpc) is 2.82. The van der Waals surface area contributed by atoms with Gasteiger partial charge in [-0.2, -0.15) is 0 Å². The molecule has 0 amide bonds. The highest BCUT2D eigenvalue weighted by Gasteiger charge is 2.60. The zero-order valence-corrected chi connectivity index (χ0v) is 19.1. The summed E-state index contributed by atoms with van der Waals surface area (Å²) in [5.41, 5.74) is 1.74. The maximum atomic E-state index is 13.1. The molecule has 0 aromatic heterocycles. The number of hydrogen-bond donors (Lipinski definition) is 0. The van der Waals surface area contributed by atoms with Gasteiger partial charge in [0.15, 0.2) is 6.10 Å². The lowest BCUT2D eigenvalue weighted by molar-refractivity contribution is -0.555. The summed E-state index contributed by atoms with van der Waals surface area (Å²) in [5, 5.41) is 12.1. The molecule has 1 fully saturated rings. The second-order valence-corrected chi connectivity index (χ2v) is 9.75. The maximum absolute atomic E-state index is 13.1. The van der Waals surface area contributed by atoms with Crippen LogP contribution in [0.1, 0.15) is 18.1 Å². The molecule has 2 aromatic carbocycles. The smallest absolute Gasteiger partial charge is 0.365 e. The first-order chi connectivity index (χ1) is 15.4. The predicted molar refractivity (Wildman–Crippen MR) is 117 cm³/mol. The van der Waals surface area contributed by atoms with Gasteiger partial charge in [0.05, 0.1) is 19.3 Å². The molecule has 32 heavy (non-hydrogen) atoms. The van der Waals surface area contributed by atoms with Gasteiger partial charge in [-0.15, -0.1) is 0 Å². The van der Waals surface area contributed by atoms with Crippen molar-refractivity contribution in [2.45, 2.75) is 50.3 Å². The summed E-state index contributed by atoms with van der Waals surface area (Å²) in [6.45, 7) is 2.03. The summed E-state index contributed by atoms with van der Waals surface area (Å²) >= 11 is 0. The molecular weight excluding hydrogens is 437 g/mol. The van der Waals surface area contributed by atoms with Gasteiger partial charge in [-0.1, -0.05) is 60.7 Å². The third kappa shape index (κ3) is 5.61. The Bertz CT molecular complexity index is 905. The van der Waals surface area contributed by atoms with Crippen molar-refractivity contribution < 1.29 is 32.7 Å². The van der Waals surface area contributed by atoms with Crippen molar-refractivity contribution in [2.24, 2.45) is 0 Å².